The largest absolute Gasteiger partial charge is 0.390 e. The van der Waals surface area contributed by atoms with Gasteiger partial charge in [-0.1, -0.05) is 0 Å². The first-order valence-electron chi connectivity index (χ1n) is 5.70. The average Bonchev–Trinajstić information content (AvgIpc) is 2.63. The van der Waals surface area contributed by atoms with Crippen molar-refractivity contribution in [3.63, 3.8) is 0 Å². The van der Waals surface area contributed by atoms with E-state index in [-0.39, 0.29) is 0 Å². The smallest absolute Gasteiger partial charge is 0.180 e. The summed E-state index contributed by atoms with van der Waals surface area (Å²) in [6, 6.07) is 0. The molecule has 5 heteroatoms. The van der Waals surface area contributed by atoms with E-state index in [1.165, 1.54) is 11.3 Å². The zero-order chi connectivity index (χ0) is 11.6. The minimum absolute atomic E-state index is 0.457. The Balaban J connectivity index is 1.75. The Hall–Kier alpha value is -0.650. The summed E-state index contributed by atoms with van der Waals surface area (Å²) in [5.74, 6) is 0. The quantitative estimate of drug-likeness (QED) is 0.832. The maximum atomic E-state index is 9.83. The molecule has 1 aliphatic rings. The summed E-state index contributed by atoms with van der Waals surface area (Å²) in [5.41, 5.74) is 6.21. The number of aliphatic hydroxyl groups is 1. The number of nitrogen functional groups attached to an aromatic ring is 1. The van der Waals surface area contributed by atoms with Gasteiger partial charge in [0.25, 0.3) is 0 Å². The fourth-order valence-electron chi connectivity index (χ4n) is 1.97. The Bertz CT molecular complexity index is 341. The monoisotopic (exact) mass is 241 g/mol. The van der Waals surface area contributed by atoms with Crippen LogP contribution in [-0.4, -0.2) is 40.2 Å². The van der Waals surface area contributed by atoms with Crippen LogP contribution in [0.2, 0.25) is 0 Å². The number of nitrogens with two attached hydrogens (primary N) is 1. The van der Waals surface area contributed by atoms with Crippen molar-refractivity contribution in [2.45, 2.75) is 31.8 Å². The highest BCUT2D eigenvalue weighted by Gasteiger charge is 2.26. The van der Waals surface area contributed by atoms with E-state index < -0.39 is 5.60 Å². The first-order chi connectivity index (χ1) is 7.55. The van der Waals surface area contributed by atoms with Crippen LogP contribution < -0.4 is 5.73 Å². The molecular weight excluding hydrogens is 222 g/mol. The zero-order valence-corrected chi connectivity index (χ0v) is 10.5. The number of nitrogens with zero attached hydrogens (tertiary/aromatic N) is 2. The van der Waals surface area contributed by atoms with Crippen LogP contribution >= 0.6 is 11.3 Å². The van der Waals surface area contributed by atoms with Gasteiger partial charge in [-0.2, -0.15) is 0 Å². The van der Waals surface area contributed by atoms with Gasteiger partial charge in [0.15, 0.2) is 5.13 Å². The highest BCUT2D eigenvalue weighted by molar-refractivity contribution is 7.13. The maximum Gasteiger partial charge on any atom is 0.180 e. The minimum Gasteiger partial charge on any atom is -0.390 e. The van der Waals surface area contributed by atoms with Gasteiger partial charge in [0, 0.05) is 31.4 Å². The number of hydrogen-bond acceptors (Lipinski definition) is 5. The molecule has 0 spiro atoms. The normalized spacial score (nSPS) is 21.1. The standard InChI is InChI=1S/C11H19N3OS/c1-11(15)3-6-14(7-4-11)5-2-9-8-16-10(12)13-9/h8,15H,2-7H2,1H3,(H2,12,13). The third-order valence-electron chi connectivity index (χ3n) is 3.19. The van der Waals surface area contributed by atoms with Gasteiger partial charge >= 0.3 is 0 Å². The predicted molar refractivity (Wildman–Crippen MR) is 66.5 cm³/mol. The summed E-state index contributed by atoms with van der Waals surface area (Å²) in [6.07, 6.45) is 2.69. The van der Waals surface area contributed by atoms with Gasteiger partial charge in [0.05, 0.1) is 11.3 Å². The molecule has 16 heavy (non-hydrogen) atoms. The second kappa shape index (κ2) is 4.69. The van der Waals surface area contributed by atoms with E-state index >= 15 is 0 Å². The lowest BCUT2D eigenvalue weighted by molar-refractivity contribution is -0.00495. The third-order valence-corrected chi connectivity index (χ3v) is 3.91. The van der Waals surface area contributed by atoms with Crippen molar-refractivity contribution in [2.75, 3.05) is 25.4 Å². The average molecular weight is 241 g/mol. The summed E-state index contributed by atoms with van der Waals surface area (Å²) < 4.78 is 0. The molecule has 0 aromatic carbocycles. The van der Waals surface area contributed by atoms with E-state index in [2.05, 4.69) is 9.88 Å². The maximum absolute atomic E-state index is 9.83. The van der Waals surface area contributed by atoms with Gasteiger partial charge in [0.2, 0.25) is 0 Å². The molecule has 0 radical (unpaired) electrons. The van der Waals surface area contributed by atoms with Gasteiger partial charge in [-0.15, -0.1) is 11.3 Å². The Labute approximate surface area is 100 Å². The molecule has 0 aliphatic carbocycles. The van der Waals surface area contributed by atoms with Crippen molar-refractivity contribution < 1.29 is 5.11 Å². The number of rotatable bonds is 3. The van der Waals surface area contributed by atoms with E-state index in [0.29, 0.717) is 5.13 Å². The summed E-state index contributed by atoms with van der Waals surface area (Å²) in [5, 5.41) is 12.5. The molecule has 2 rings (SSSR count). The lowest BCUT2D eigenvalue weighted by Gasteiger charge is -2.35. The molecule has 0 amide bonds. The number of aromatic nitrogens is 1. The molecule has 90 valence electrons. The molecule has 1 fully saturated rings. The van der Waals surface area contributed by atoms with Crippen molar-refractivity contribution in [3.8, 4) is 0 Å². The number of thiazole rings is 1. The summed E-state index contributed by atoms with van der Waals surface area (Å²) >= 11 is 1.50. The number of hydrogen-bond donors (Lipinski definition) is 2. The van der Waals surface area contributed by atoms with Gasteiger partial charge in [-0.25, -0.2) is 4.98 Å². The van der Waals surface area contributed by atoms with E-state index in [0.717, 1.165) is 44.6 Å². The summed E-state index contributed by atoms with van der Waals surface area (Å²) in [6.45, 7) is 4.89. The van der Waals surface area contributed by atoms with E-state index in [1.807, 2.05) is 12.3 Å². The van der Waals surface area contributed by atoms with Crippen LogP contribution in [0.3, 0.4) is 0 Å². The van der Waals surface area contributed by atoms with Crippen molar-refractivity contribution in [2.24, 2.45) is 0 Å². The van der Waals surface area contributed by atoms with Crippen molar-refractivity contribution in [1.29, 1.82) is 0 Å². The van der Waals surface area contributed by atoms with Crippen LogP contribution in [0.4, 0.5) is 5.13 Å². The third kappa shape index (κ3) is 3.17. The van der Waals surface area contributed by atoms with Crippen LogP contribution in [0.25, 0.3) is 0 Å². The highest BCUT2D eigenvalue weighted by atomic mass is 32.1. The molecule has 0 bridgehead atoms. The van der Waals surface area contributed by atoms with Crippen LogP contribution in [0.5, 0.6) is 0 Å². The number of piperidine rings is 1. The molecule has 1 aromatic heterocycles. The molecule has 0 atom stereocenters. The second-order valence-corrected chi connectivity index (χ2v) is 5.66. The Kier molecular flexibility index (Phi) is 3.47. The van der Waals surface area contributed by atoms with E-state index in [1.54, 1.807) is 0 Å². The van der Waals surface area contributed by atoms with Crippen molar-refractivity contribution in [3.05, 3.63) is 11.1 Å². The Morgan fingerprint density at radius 2 is 2.25 bits per heavy atom. The molecular formula is C11H19N3OS. The molecule has 0 unspecified atom stereocenters. The Morgan fingerprint density at radius 3 is 2.81 bits per heavy atom. The molecule has 1 saturated heterocycles. The van der Waals surface area contributed by atoms with E-state index in [4.69, 9.17) is 5.73 Å². The minimum atomic E-state index is -0.457. The fraction of sp³-hybridized carbons (Fsp3) is 0.727. The van der Waals surface area contributed by atoms with Crippen LogP contribution in [0.1, 0.15) is 25.5 Å². The van der Waals surface area contributed by atoms with Crippen LogP contribution in [0, 0.1) is 0 Å². The first kappa shape index (κ1) is 11.8. The van der Waals surface area contributed by atoms with Gasteiger partial charge < -0.3 is 15.7 Å². The van der Waals surface area contributed by atoms with Gasteiger partial charge in [0.1, 0.15) is 0 Å². The summed E-state index contributed by atoms with van der Waals surface area (Å²) in [7, 11) is 0. The topological polar surface area (TPSA) is 62.4 Å². The summed E-state index contributed by atoms with van der Waals surface area (Å²) in [4.78, 5) is 6.63. The second-order valence-electron chi connectivity index (χ2n) is 4.77. The zero-order valence-electron chi connectivity index (χ0n) is 9.65. The van der Waals surface area contributed by atoms with Crippen molar-refractivity contribution in [1.82, 2.24) is 9.88 Å². The number of likely N-dealkylation sites (tertiary alicyclic amines) is 1. The van der Waals surface area contributed by atoms with Crippen LogP contribution in [-0.2, 0) is 6.42 Å². The highest BCUT2D eigenvalue weighted by Crippen LogP contribution is 2.21. The molecule has 1 aromatic rings. The van der Waals surface area contributed by atoms with Gasteiger partial charge in [-0.05, 0) is 19.8 Å². The molecule has 2 heterocycles. The predicted octanol–water partition coefficient (Wildman–Crippen LogP) is 1.11. The molecule has 1 aliphatic heterocycles. The SMILES string of the molecule is CC1(O)CCN(CCc2csc(N)n2)CC1. The first-order valence-corrected chi connectivity index (χ1v) is 6.58. The van der Waals surface area contributed by atoms with E-state index in [9.17, 15) is 5.11 Å². The molecule has 3 N–H and O–H groups in total. The Morgan fingerprint density at radius 1 is 1.56 bits per heavy atom. The van der Waals surface area contributed by atoms with Crippen LogP contribution in [0.15, 0.2) is 5.38 Å². The molecule has 0 saturated carbocycles. The van der Waals surface area contributed by atoms with Gasteiger partial charge in [-0.3, -0.25) is 0 Å². The lowest BCUT2D eigenvalue weighted by Crippen LogP contribution is -2.43. The van der Waals surface area contributed by atoms with Crippen molar-refractivity contribution >= 4 is 16.5 Å². The fourth-order valence-corrected chi connectivity index (χ4v) is 2.57. The number of anilines is 1. The lowest BCUT2D eigenvalue weighted by atomic mass is 9.94. The molecule has 4 nitrogen and oxygen atoms in total.